The number of carbonyl (C=O) groups excluding carboxylic acids is 1. The molecule has 1 aliphatic heterocycles. The molecule has 1 heterocycles. The summed E-state index contributed by atoms with van der Waals surface area (Å²) in [5.74, 6) is 2.97. The first-order valence-electron chi connectivity index (χ1n) is 5.21. The summed E-state index contributed by atoms with van der Waals surface area (Å²) in [4.78, 5) is 11.4. The minimum Gasteiger partial charge on any atom is -0.404 e. The number of carbonyl (C=O) groups is 1. The van der Waals surface area contributed by atoms with E-state index in [0.717, 1.165) is 5.56 Å². The highest BCUT2D eigenvalue weighted by Crippen LogP contribution is 2.17. The van der Waals surface area contributed by atoms with Crippen LogP contribution >= 0.6 is 0 Å². The van der Waals surface area contributed by atoms with Gasteiger partial charge in [-0.3, -0.25) is 0 Å². The maximum absolute atomic E-state index is 11.4. The Kier molecular flexibility index (Phi) is 2.63. The van der Waals surface area contributed by atoms with E-state index >= 15 is 0 Å². The average molecular weight is 216 g/mol. The zero-order valence-corrected chi connectivity index (χ0v) is 9.43. The molecule has 1 amide bonds. The molecule has 2 rings (SSSR count). The van der Waals surface area contributed by atoms with Crippen LogP contribution < -0.4 is 0 Å². The van der Waals surface area contributed by atoms with Crippen molar-refractivity contribution in [3.05, 3.63) is 35.9 Å². The molecular formula is C13H14NO2+. The van der Waals surface area contributed by atoms with Gasteiger partial charge in [0, 0.05) is 13.8 Å². The van der Waals surface area contributed by atoms with Gasteiger partial charge in [0.2, 0.25) is 5.54 Å². The number of ether oxygens (including phenoxy) is 1. The first-order valence-corrected chi connectivity index (χ1v) is 5.21. The first-order chi connectivity index (χ1) is 7.59. The highest BCUT2D eigenvalue weighted by molar-refractivity contribution is 5.78. The van der Waals surface area contributed by atoms with Gasteiger partial charge in [0.15, 0.2) is 12.5 Å². The molecule has 1 fully saturated rings. The molecule has 0 saturated carbocycles. The topological polar surface area (TPSA) is 29.3 Å². The summed E-state index contributed by atoms with van der Waals surface area (Å²) in [7, 11) is 0. The maximum atomic E-state index is 11.4. The predicted octanol–water partition coefficient (Wildman–Crippen LogP) is 2.31. The summed E-state index contributed by atoms with van der Waals surface area (Å²) in [5.41, 5.74) is 0.695. The molecule has 3 heteroatoms. The van der Waals surface area contributed by atoms with Gasteiger partial charge in [-0.05, 0) is 5.56 Å². The number of nitrogens with zero attached hydrogens (tertiary/aromatic N) is 1. The minimum absolute atomic E-state index is 0.317. The van der Waals surface area contributed by atoms with Crippen LogP contribution in [0.1, 0.15) is 19.4 Å². The SMILES string of the molecule is CC1(C)COC(=O)[N+]1=C=Cc1ccccc1. The Labute approximate surface area is 94.7 Å². The van der Waals surface area contributed by atoms with Crippen LogP contribution in [0.3, 0.4) is 0 Å². The average Bonchev–Trinajstić information content (AvgIpc) is 2.52. The summed E-state index contributed by atoms with van der Waals surface area (Å²) in [6.07, 6.45) is 1.45. The Morgan fingerprint density at radius 3 is 2.62 bits per heavy atom. The van der Waals surface area contributed by atoms with Crippen molar-refractivity contribution in [1.82, 2.24) is 0 Å². The summed E-state index contributed by atoms with van der Waals surface area (Å²) in [6.45, 7) is 4.30. The molecule has 0 aromatic heterocycles. The van der Waals surface area contributed by atoms with Gasteiger partial charge in [-0.15, -0.1) is 0 Å². The third-order valence-corrected chi connectivity index (χ3v) is 2.50. The van der Waals surface area contributed by atoms with Crippen LogP contribution in [-0.4, -0.2) is 28.7 Å². The number of hydrogen-bond acceptors (Lipinski definition) is 2. The molecule has 0 atom stereocenters. The second kappa shape index (κ2) is 3.95. The quantitative estimate of drug-likeness (QED) is 0.674. The molecule has 3 nitrogen and oxygen atoms in total. The number of rotatable bonds is 1. The van der Waals surface area contributed by atoms with E-state index < -0.39 is 0 Å². The fourth-order valence-corrected chi connectivity index (χ4v) is 1.53. The Morgan fingerprint density at radius 1 is 1.38 bits per heavy atom. The van der Waals surface area contributed by atoms with Crippen molar-refractivity contribution in [2.45, 2.75) is 19.4 Å². The molecule has 1 aliphatic rings. The van der Waals surface area contributed by atoms with E-state index in [1.165, 1.54) is 4.58 Å². The van der Waals surface area contributed by atoms with Crippen LogP contribution in [0.5, 0.6) is 0 Å². The largest absolute Gasteiger partial charge is 0.606 e. The van der Waals surface area contributed by atoms with Crippen molar-refractivity contribution in [2.24, 2.45) is 0 Å². The molecule has 0 N–H and O–H groups in total. The van der Waals surface area contributed by atoms with E-state index in [1.54, 1.807) is 6.08 Å². The number of cyclic esters (lactones) is 1. The van der Waals surface area contributed by atoms with Crippen molar-refractivity contribution in [2.75, 3.05) is 6.61 Å². The van der Waals surface area contributed by atoms with E-state index in [9.17, 15) is 4.79 Å². The van der Waals surface area contributed by atoms with Gasteiger partial charge < -0.3 is 4.74 Å². The smallest absolute Gasteiger partial charge is 0.404 e. The number of hydrogen-bond donors (Lipinski definition) is 0. The Bertz CT molecular complexity index is 468. The van der Waals surface area contributed by atoms with Gasteiger partial charge in [0.25, 0.3) is 0 Å². The minimum atomic E-state index is -0.336. The fourth-order valence-electron chi connectivity index (χ4n) is 1.53. The summed E-state index contributed by atoms with van der Waals surface area (Å²) in [6, 6.07) is 9.76. The third-order valence-electron chi connectivity index (χ3n) is 2.50. The van der Waals surface area contributed by atoms with Gasteiger partial charge in [-0.1, -0.05) is 34.9 Å². The van der Waals surface area contributed by atoms with Gasteiger partial charge in [-0.25, -0.2) is 0 Å². The Balaban J connectivity index is 2.37. The van der Waals surface area contributed by atoms with Crippen LogP contribution in [0.2, 0.25) is 0 Å². The highest BCUT2D eigenvalue weighted by atomic mass is 16.6. The molecule has 82 valence electrons. The third kappa shape index (κ3) is 2.05. The van der Waals surface area contributed by atoms with E-state index in [0.29, 0.717) is 6.61 Å². The monoisotopic (exact) mass is 216 g/mol. The normalized spacial score (nSPS) is 17.9. The first kappa shape index (κ1) is 10.7. The molecule has 1 saturated heterocycles. The lowest BCUT2D eigenvalue weighted by atomic mass is 10.1. The van der Waals surface area contributed by atoms with Crippen LogP contribution in [0.25, 0.3) is 6.08 Å². The lowest BCUT2D eigenvalue weighted by Gasteiger charge is -2.03. The molecule has 1 aromatic rings. The molecule has 16 heavy (non-hydrogen) atoms. The lowest BCUT2D eigenvalue weighted by molar-refractivity contribution is -0.485. The zero-order chi connectivity index (χ0) is 11.6. The highest BCUT2D eigenvalue weighted by Gasteiger charge is 2.46. The number of benzene rings is 1. The predicted molar refractivity (Wildman–Crippen MR) is 61.6 cm³/mol. The lowest BCUT2D eigenvalue weighted by Crippen LogP contribution is -2.33. The maximum Gasteiger partial charge on any atom is 0.606 e. The van der Waals surface area contributed by atoms with Crippen molar-refractivity contribution >= 4 is 18.0 Å². The molecule has 0 radical (unpaired) electrons. The van der Waals surface area contributed by atoms with Crippen LogP contribution in [0.15, 0.2) is 30.3 Å². The molecule has 0 unspecified atom stereocenters. The second-order valence-corrected chi connectivity index (χ2v) is 4.39. The molecule has 0 aliphatic carbocycles. The summed E-state index contributed by atoms with van der Waals surface area (Å²) in [5, 5.41) is 0. The standard InChI is InChI=1S/C13H14NO2/c1-13(2)10-16-12(15)14(13)9-8-11-6-4-3-5-7-11/h3-8H,10H2,1-2H3/q+1. The van der Waals surface area contributed by atoms with Gasteiger partial charge >= 0.3 is 6.09 Å². The molecule has 0 spiro atoms. The summed E-state index contributed by atoms with van der Waals surface area (Å²) >= 11 is 0. The van der Waals surface area contributed by atoms with Gasteiger partial charge in [0.1, 0.15) is 0 Å². The Hall–Kier alpha value is -1.86. The van der Waals surface area contributed by atoms with E-state index in [-0.39, 0.29) is 11.6 Å². The zero-order valence-electron chi connectivity index (χ0n) is 9.43. The van der Waals surface area contributed by atoms with Gasteiger partial charge in [-0.2, -0.15) is 4.79 Å². The molecule has 1 aromatic carbocycles. The van der Waals surface area contributed by atoms with Crippen molar-refractivity contribution in [3.63, 3.8) is 0 Å². The van der Waals surface area contributed by atoms with E-state index in [4.69, 9.17) is 4.74 Å². The summed E-state index contributed by atoms with van der Waals surface area (Å²) < 4.78 is 6.47. The second-order valence-electron chi connectivity index (χ2n) is 4.39. The van der Waals surface area contributed by atoms with Crippen molar-refractivity contribution < 1.29 is 14.1 Å². The molecular weight excluding hydrogens is 202 g/mol. The van der Waals surface area contributed by atoms with Crippen LogP contribution in [0, 0.1) is 0 Å². The van der Waals surface area contributed by atoms with E-state index in [1.807, 2.05) is 44.2 Å². The van der Waals surface area contributed by atoms with E-state index in [2.05, 4.69) is 5.87 Å². The molecule has 0 bridgehead atoms. The van der Waals surface area contributed by atoms with Gasteiger partial charge in [0.05, 0.1) is 6.08 Å². The van der Waals surface area contributed by atoms with Crippen molar-refractivity contribution in [1.29, 1.82) is 0 Å². The van der Waals surface area contributed by atoms with Crippen LogP contribution in [-0.2, 0) is 4.74 Å². The van der Waals surface area contributed by atoms with Crippen LogP contribution in [0.4, 0.5) is 4.79 Å². The Morgan fingerprint density at radius 2 is 2.06 bits per heavy atom. The van der Waals surface area contributed by atoms with Crippen molar-refractivity contribution in [3.8, 4) is 0 Å². The fraction of sp³-hybridized carbons (Fsp3) is 0.308. The number of amides is 1.